The van der Waals surface area contributed by atoms with Gasteiger partial charge in [0.2, 0.25) is 0 Å². The highest BCUT2D eigenvalue weighted by atomic mass is 16.5. The number of carbonyl (C=O) groups excluding carboxylic acids is 2. The van der Waals surface area contributed by atoms with E-state index in [0.29, 0.717) is 19.1 Å². The van der Waals surface area contributed by atoms with E-state index in [4.69, 9.17) is 19.7 Å². The fourth-order valence-corrected chi connectivity index (χ4v) is 3.25. The fraction of sp³-hybridized carbons (Fsp3) is 0.429. The minimum atomic E-state index is -1.12. The number of hydrogen-bond acceptors (Lipinski definition) is 6. The number of benzene rings is 2. The molecule has 0 saturated heterocycles. The molecule has 0 aliphatic heterocycles. The van der Waals surface area contributed by atoms with Crippen LogP contribution in [-0.2, 0) is 9.47 Å². The van der Waals surface area contributed by atoms with Gasteiger partial charge in [0.15, 0.2) is 0 Å². The van der Waals surface area contributed by atoms with Gasteiger partial charge >= 0.3 is 23.9 Å². The molecule has 0 heterocycles. The summed E-state index contributed by atoms with van der Waals surface area (Å²) in [6, 6.07) is 12.2. The van der Waals surface area contributed by atoms with E-state index < -0.39 is 23.9 Å². The fourth-order valence-electron chi connectivity index (χ4n) is 3.25. The molecule has 0 aromatic heterocycles. The van der Waals surface area contributed by atoms with Gasteiger partial charge in [-0.15, -0.1) is 0 Å². The summed E-state index contributed by atoms with van der Waals surface area (Å²) in [5.74, 6) is -3.03. The van der Waals surface area contributed by atoms with Crippen LogP contribution in [0.25, 0.3) is 0 Å². The molecule has 0 fully saturated rings. The molecule has 0 amide bonds. The van der Waals surface area contributed by atoms with Crippen LogP contribution < -0.4 is 0 Å². The standard InChI is InChI=1S/C16H22O4.C12H14O4/c1-3-5-8-12(4-2)11-20-16(19)14-10-7-6-9-13(14)15(17)18;1-2-3-8-16-12(15)10-7-5-4-6-9(10)11(13)14/h6-7,9-10,12H,3-5,8,11H2,1-2H3,(H,17,18);4-7H,2-3,8H2,1H3,(H,13,14). The van der Waals surface area contributed by atoms with Crippen molar-refractivity contribution in [3.63, 3.8) is 0 Å². The van der Waals surface area contributed by atoms with Gasteiger partial charge in [0.25, 0.3) is 0 Å². The molecule has 0 spiro atoms. The van der Waals surface area contributed by atoms with Crippen LogP contribution in [0.15, 0.2) is 48.5 Å². The SMILES string of the molecule is CCCCC(CC)COC(=O)c1ccccc1C(=O)O.CCCCOC(=O)c1ccccc1C(=O)O. The number of carboxylic acid groups (broad SMARTS) is 2. The number of carboxylic acids is 2. The van der Waals surface area contributed by atoms with Crippen LogP contribution in [0.5, 0.6) is 0 Å². The highest BCUT2D eigenvalue weighted by molar-refractivity contribution is 6.03. The summed E-state index contributed by atoms with van der Waals surface area (Å²) in [4.78, 5) is 45.4. The number of rotatable bonds is 13. The van der Waals surface area contributed by atoms with Crippen LogP contribution in [0.2, 0.25) is 0 Å². The number of esters is 2. The third-order valence-corrected chi connectivity index (χ3v) is 5.48. The van der Waals surface area contributed by atoms with Crippen molar-refractivity contribution >= 4 is 23.9 Å². The largest absolute Gasteiger partial charge is 0.478 e. The first-order valence-corrected chi connectivity index (χ1v) is 12.3. The Kier molecular flexibility index (Phi) is 14.2. The van der Waals surface area contributed by atoms with Crippen LogP contribution in [-0.4, -0.2) is 47.3 Å². The van der Waals surface area contributed by atoms with E-state index in [9.17, 15) is 19.2 Å². The Labute approximate surface area is 212 Å². The second kappa shape index (κ2) is 16.9. The molecule has 0 saturated carbocycles. The van der Waals surface area contributed by atoms with Gasteiger partial charge in [-0.25, -0.2) is 19.2 Å². The first-order valence-electron chi connectivity index (χ1n) is 12.3. The predicted molar refractivity (Wildman–Crippen MR) is 136 cm³/mol. The molecule has 2 aromatic carbocycles. The molecule has 8 nitrogen and oxygen atoms in total. The topological polar surface area (TPSA) is 127 Å². The van der Waals surface area contributed by atoms with Gasteiger partial charge in [-0.05, 0) is 43.0 Å². The summed E-state index contributed by atoms with van der Waals surface area (Å²) >= 11 is 0. The van der Waals surface area contributed by atoms with Gasteiger partial charge in [-0.3, -0.25) is 0 Å². The van der Waals surface area contributed by atoms with E-state index >= 15 is 0 Å². The normalized spacial score (nSPS) is 11.0. The minimum absolute atomic E-state index is 0.0147. The second-order valence-corrected chi connectivity index (χ2v) is 8.21. The van der Waals surface area contributed by atoms with E-state index in [0.717, 1.165) is 38.5 Å². The van der Waals surface area contributed by atoms with Crippen LogP contribution in [0.3, 0.4) is 0 Å². The van der Waals surface area contributed by atoms with Crippen LogP contribution in [0.1, 0.15) is 101 Å². The first kappa shape index (κ1) is 30.4. The Morgan fingerprint density at radius 2 is 1.14 bits per heavy atom. The maximum atomic E-state index is 12.0. The van der Waals surface area contributed by atoms with Crippen molar-refractivity contribution in [2.45, 2.75) is 59.3 Å². The average molecular weight is 501 g/mol. The molecule has 196 valence electrons. The second-order valence-electron chi connectivity index (χ2n) is 8.21. The Bertz CT molecular complexity index is 999. The van der Waals surface area contributed by atoms with Crippen LogP contribution in [0.4, 0.5) is 0 Å². The molecule has 8 heteroatoms. The maximum absolute atomic E-state index is 12.0. The zero-order valence-corrected chi connectivity index (χ0v) is 21.2. The highest BCUT2D eigenvalue weighted by Crippen LogP contribution is 2.16. The predicted octanol–water partition coefficient (Wildman–Crippen LogP) is 6.10. The van der Waals surface area contributed by atoms with Crippen molar-refractivity contribution < 1.29 is 38.9 Å². The van der Waals surface area contributed by atoms with Gasteiger partial charge in [0.1, 0.15) is 0 Å². The van der Waals surface area contributed by atoms with Gasteiger partial charge in [0, 0.05) is 0 Å². The lowest BCUT2D eigenvalue weighted by Gasteiger charge is -2.15. The van der Waals surface area contributed by atoms with Crippen molar-refractivity contribution in [3.05, 3.63) is 70.8 Å². The van der Waals surface area contributed by atoms with E-state index in [1.54, 1.807) is 24.3 Å². The average Bonchev–Trinajstić information content (AvgIpc) is 2.89. The molecule has 2 aromatic rings. The van der Waals surface area contributed by atoms with Gasteiger partial charge < -0.3 is 19.7 Å². The summed E-state index contributed by atoms with van der Waals surface area (Å²) in [5.41, 5.74) is 0.180. The molecule has 0 aliphatic rings. The molecule has 1 unspecified atom stereocenters. The Balaban J connectivity index is 0.000000369. The third-order valence-electron chi connectivity index (χ3n) is 5.48. The molecule has 1 atom stereocenters. The Morgan fingerprint density at radius 1 is 0.694 bits per heavy atom. The molecule has 0 aliphatic carbocycles. The molecule has 0 radical (unpaired) electrons. The van der Waals surface area contributed by atoms with E-state index in [1.165, 1.54) is 24.3 Å². The molecule has 2 rings (SSSR count). The molecular formula is C28H36O8. The molecular weight excluding hydrogens is 464 g/mol. The molecule has 36 heavy (non-hydrogen) atoms. The van der Waals surface area contributed by atoms with E-state index in [-0.39, 0.29) is 22.3 Å². The van der Waals surface area contributed by atoms with Crippen molar-refractivity contribution in [1.82, 2.24) is 0 Å². The van der Waals surface area contributed by atoms with Crippen molar-refractivity contribution in [3.8, 4) is 0 Å². The van der Waals surface area contributed by atoms with Crippen LogP contribution >= 0.6 is 0 Å². The van der Waals surface area contributed by atoms with Crippen LogP contribution in [0, 0.1) is 5.92 Å². The third kappa shape index (κ3) is 10.3. The van der Waals surface area contributed by atoms with Crippen molar-refractivity contribution in [2.24, 2.45) is 5.92 Å². The monoisotopic (exact) mass is 500 g/mol. The number of aromatic carboxylic acids is 2. The molecule has 2 N–H and O–H groups in total. The van der Waals surface area contributed by atoms with E-state index in [1.807, 2.05) is 6.92 Å². The summed E-state index contributed by atoms with van der Waals surface area (Å²) in [7, 11) is 0. The summed E-state index contributed by atoms with van der Waals surface area (Å²) in [6.07, 6.45) is 5.91. The lowest BCUT2D eigenvalue weighted by atomic mass is 10.0. The lowest BCUT2D eigenvalue weighted by Crippen LogP contribution is -2.16. The highest BCUT2D eigenvalue weighted by Gasteiger charge is 2.18. The summed E-state index contributed by atoms with van der Waals surface area (Å²) < 4.78 is 10.2. The van der Waals surface area contributed by atoms with Gasteiger partial charge in [-0.2, -0.15) is 0 Å². The zero-order valence-electron chi connectivity index (χ0n) is 21.2. The van der Waals surface area contributed by atoms with E-state index in [2.05, 4.69) is 13.8 Å². The maximum Gasteiger partial charge on any atom is 0.339 e. The van der Waals surface area contributed by atoms with Crippen molar-refractivity contribution in [2.75, 3.05) is 13.2 Å². The summed E-state index contributed by atoms with van der Waals surface area (Å²) in [6.45, 7) is 6.85. The minimum Gasteiger partial charge on any atom is -0.478 e. The number of unbranched alkanes of at least 4 members (excludes halogenated alkanes) is 2. The molecule has 0 bridgehead atoms. The Hall–Kier alpha value is -3.68. The van der Waals surface area contributed by atoms with Crippen molar-refractivity contribution in [1.29, 1.82) is 0 Å². The number of ether oxygens (including phenoxy) is 2. The van der Waals surface area contributed by atoms with Gasteiger partial charge in [0.05, 0.1) is 35.5 Å². The lowest BCUT2D eigenvalue weighted by molar-refractivity contribution is 0.0420. The Morgan fingerprint density at radius 3 is 1.56 bits per heavy atom. The van der Waals surface area contributed by atoms with Gasteiger partial charge in [-0.1, -0.05) is 70.7 Å². The summed E-state index contributed by atoms with van der Waals surface area (Å²) in [5, 5.41) is 17.9. The smallest absolute Gasteiger partial charge is 0.339 e. The number of carbonyl (C=O) groups is 4. The zero-order chi connectivity index (χ0) is 26.9. The number of hydrogen-bond donors (Lipinski definition) is 2. The first-order chi connectivity index (χ1) is 17.3. The quantitative estimate of drug-likeness (QED) is 0.249.